The Kier molecular flexibility index (Phi) is 8.56. The van der Waals surface area contributed by atoms with Gasteiger partial charge in [-0.1, -0.05) is 6.92 Å². The molecule has 1 nitrogen and oxygen atoms in total. The van der Waals surface area contributed by atoms with Crippen LogP contribution >= 0.6 is 0 Å². The number of halogens is 1. The van der Waals surface area contributed by atoms with Gasteiger partial charge in [-0.25, -0.2) is 4.58 Å². The minimum absolute atomic E-state index is 0. The van der Waals surface area contributed by atoms with Crippen LogP contribution in [0.3, 0.4) is 0 Å². The van der Waals surface area contributed by atoms with Gasteiger partial charge < -0.3 is 12.4 Å². The topological polar surface area (TPSA) is 3.01 Å². The Balaban J connectivity index is 0. The van der Waals surface area contributed by atoms with Crippen LogP contribution in [0, 0.1) is 0 Å². The van der Waals surface area contributed by atoms with Gasteiger partial charge in [0.05, 0.1) is 0 Å². The standard InChI is InChI=1S/C5H12N.ClH/c1-4-5-6(2)3;/h5H,4H2,1-3H3;1H/q+1;/p-1. The molecule has 0 aliphatic heterocycles. The van der Waals surface area contributed by atoms with Crippen molar-refractivity contribution in [3.63, 3.8) is 0 Å². The van der Waals surface area contributed by atoms with Crippen LogP contribution in [0.1, 0.15) is 13.3 Å². The highest BCUT2D eigenvalue weighted by atomic mass is 35.5. The third-order valence-electron chi connectivity index (χ3n) is 0.548. The molecule has 2 heteroatoms. The molecule has 0 atom stereocenters. The summed E-state index contributed by atoms with van der Waals surface area (Å²) in [4.78, 5) is 0. The van der Waals surface area contributed by atoms with Crippen molar-refractivity contribution in [3.8, 4) is 0 Å². The zero-order valence-corrected chi connectivity index (χ0v) is 5.87. The van der Waals surface area contributed by atoms with E-state index in [4.69, 9.17) is 0 Å². The van der Waals surface area contributed by atoms with Crippen molar-refractivity contribution < 1.29 is 17.0 Å². The van der Waals surface area contributed by atoms with Crippen molar-refractivity contribution in [3.05, 3.63) is 0 Å². The predicted octanol–water partition coefficient (Wildman–Crippen LogP) is -2.26. The molecule has 0 aromatic carbocycles. The van der Waals surface area contributed by atoms with E-state index in [9.17, 15) is 0 Å². The van der Waals surface area contributed by atoms with Gasteiger partial charge in [-0.15, -0.1) is 0 Å². The molecule has 0 aliphatic carbocycles. The average molecular weight is 122 g/mol. The van der Waals surface area contributed by atoms with Gasteiger partial charge in [0, 0.05) is 6.42 Å². The van der Waals surface area contributed by atoms with E-state index < -0.39 is 0 Å². The minimum Gasteiger partial charge on any atom is -1.00 e. The molecule has 0 bridgehead atoms. The van der Waals surface area contributed by atoms with Crippen molar-refractivity contribution >= 4 is 6.21 Å². The van der Waals surface area contributed by atoms with E-state index in [1.54, 1.807) is 0 Å². The highest BCUT2D eigenvalue weighted by Gasteiger charge is 1.72. The van der Waals surface area contributed by atoms with Gasteiger partial charge in [0.2, 0.25) is 0 Å². The van der Waals surface area contributed by atoms with Crippen molar-refractivity contribution in [2.45, 2.75) is 13.3 Å². The van der Waals surface area contributed by atoms with Crippen LogP contribution in [0.2, 0.25) is 0 Å². The third-order valence-corrected chi connectivity index (χ3v) is 0.548. The van der Waals surface area contributed by atoms with E-state index in [0.717, 1.165) is 6.42 Å². The lowest BCUT2D eigenvalue weighted by molar-refractivity contribution is -0.460. The van der Waals surface area contributed by atoms with Gasteiger partial charge >= 0.3 is 0 Å². The maximum absolute atomic E-state index is 2.12. The predicted molar refractivity (Wildman–Crippen MR) is 28.5 cm³/mol. The summed E-state index contributed by atoms with van der Waals surface area (Å²) in [6.45, 7) is 2.12. The normalized spacial score (nSPS) is 6.71. The second-order valence-electron chi connectivity index (χ2n) is 1.55. The van der Waals surface area contributed by atoms with E-state index in [2.05, 4.69) is 17.7 Å². The maximum Gasteiger partial charge on any atom is 0.138 e. The Bertz CT molecular complexity index is 55.1. The van der Waals surface area contributed by atoms with Gasteiger partial charge in [-0.2, -0.15) is 0 Å². The highest BCUT2D eigenvalue weighted by molar-refractivity contribution is 5.50. The molecule has 0 saturated carbocycles. The maximum atomic E-state index is 2.12. The van der Waals surface area contributed by atoms with Crippen molar-refractivity contribution in [1.82, 2.24) is 0 Å². The molecule has 44 valence electrons. The van der Waals surface area contributed by atoms with Crippen LogP contribution in [0.25, 0.3) is 0 Å². The first-order valence-electron chi connectivity index (χ1n) is 2.27. The van der Waals surface area contributed by atoms with E-state index in [0.29, 0.717) is 0 Å². The van der Waals surface area contributed by atoms with Crippen molar-refractivity contribution in [2.75, 3.05) is 14.1 Å². The number of hydrogen-bond donors (Lipinski definition) is 0. The molecular formula is C5H12ClN. The Morgan fingerprint density at radius 3 is 1.86 bits per heavy atom. The summed E-state index contributed by atoms with van der Waals surface area (Å²) in [6, 6.07) is 0. The third kappa shape index (κ3) is 10.7. The lowest BCUT2D eigenvalue weighted by Gasteiger charge is -1.76. The SMILES string of the molecule is CCC=[N+](C)C.[Cl-]. The van der Waals surface area contributed by atoms with Gasteiger partial charge in [0.15, 0.2) is 0 Å². The lowest BCUT2D eigenvalue weighted by atomic mass is 10.5. The Labute approximate surface area is 51.5 Å². The first-order valence-corrected chi connectivity index (χ1v) is 2.27. The minimum atomic E-state index is 0. The number of hydrogen-bond acceptors (Lipinski definition) is 0. The van der Waals surface area contributed by atoms with Crippen LogP contribution < -0.4 is 12.4 Å². The average Bonchev–Trinajstić information content (AvgIpc) is 1.35. The Morgan fingerprint density at radius 2 is 1.86 bits per heavy atom. The van der Waals surface area contributed by atoms with E-state index in [1.807, 2.05) is 14.1 Å². The summed E-state index contributed by atoms with van der Waals surface area (Å²) in [7, 11) is 4.06. The molecule has 0 radical (unpaired) electrons. The molecule has 0 rings (SSSR count). The molecule has 0 amide bonds. The second kappa shape index (κ2) is 5.96. The summed E-state index contributed by atoms with van der Waals surface area (Å²) in [5, 5.41) is 0. The fraction of sp³-hybridized carbons (Fsp3) is 0.800. The van der Waals surface area contributed by atoms with Gasteiger partial charge in [-0.05, 0) is 0 Å². The zero-order valence-electron chi connectivity index (χ0n) is 5.11. The van der Waals surface area contributed by atoms with Gasteiger partial charge in [0.25, 0.3) is 0 Å². The smallest absolute Gasteiger partial charge is 0.138 e. The molecule has 7 heavy (non-hydrogen) atoms. The molecule has 0 unspecified atom stereocenters. The summed E-state index contributed by atoms with van der Waals surface area (Å²) in [6.07, 6.45) is 3.26. The van der Waals surface area contributed by atoms with E-state index in [-0.39, 0.29) is 12.4 Å². The molecule has 0 aromatic heterocycles. The molecule has 0 aliphatic rings. The lowest BCUT2D eigenvalue weighted by Crippen LogP contribution is -3.00. The molecule has 0 spiro atoms. The Hall–Kier alpha value is -0.0400. The van der Waals surface area contributed by atoms with Gasteiger partial charge in [0.1, 0.15) is 20.3 Å². The first-order chi connectivity index (χ1) is 2.77. The number of nitrogens with zero attached hydrogens (tertiary/aromatic N) is 1. The molecule has 0 saturated heterocycles. The first kappa shape index (κ1) is 10.0. The van der Waals surface area contributed by atoms with Crippen LogP contribution in [0.4, 0.5) is 0 Å². The van der Waals surface area contributed by atoms with Crippen molar-refractivity contribution in [2.24, 2.45) is 0 Å². The molecule has 0 fully saturated rings. The summed E-state index contributed by atoms with van der Waals surface area (Å²) < 4.78 is 2.06. The monoisotopic (exact) mass is 121 g/mol. The Morgan fingerprint density at radius 1 is 1.43 bits per heavy atom. The largest absolute Gasteiger partial charge is 1.00 e. The van der Waals surface area contributed by atoms with Crippen LogP contribution in [-0.2, 0) is 0 Å². The quantitative estimate of drug-likeness (QED) is 0.272. The zero-order chi connectivity index (χ0) is 4.99. The van der Waals surface area contributed by atoms with Crippen molar-refractivity contribution in [1.29, 1.82) is 0 Å². The van der Waals surface area contributed by atoms with E-state index >= 15 is 0 Å². The summed E-state index contributed by atoms with van der Waals surface area (Å²) >= 11 is 0. The summed E-state index contributed by atoms with van der Waals surface area (Å²) in [5.41, 5.74) is 0. The summed E-state index contributed by atoms with van der Waals surface area (Å²) in [5.74, 6) is 0. The molecular weight excluding hydrogens is 110 g/mol. The van der Waals surface area contributed by atoms with Crippen LogP contribution in [0.15, 0.2) is 0 Å². The van der Waals surface area contributed by atoms with E-state index in [1.165, 1.54) is 0 Å². The van der Waals surface area contributed by atoms with Crippen LogP contribution in [-0.4, -0.2) is 24.9 Å². The second-order valence-corrected chi connectivity index (χ2v) is 1.55. The fourth-order valence-corrected chi connectivity index (χ4v) is 0.365. The fourth-order valence-electron chi connectivity index (χ4n) is 0.365. The molecule has 0 heterocycles. The van der Waals surface area contributed by atoms with Gasteiger partial charge in [-0.3, -0.25) is 0 Å². The highest BCUT2D eigenvalue weighted by Crippen LogP contribution is 1.61. The van der Waals surface area contributed by atoms with Crippen LogP contribution in [0.5, 0.6) is 0 Å². The molecule has 0 N–H and O–H groups in total. The number of rotatable bonds is 1. The molecule has 0 aromatic rings.